The lowest BCUT2D eigenvalue weighted by atomic mass is 10.1. The maximum absolute atomic E-state index is 10.4. The van der Waals surface area contributed by atoms with E-state index in [1.54, 1.807) is 0 Å². The van der Waals surface area contributed by atoms with Crippen molar-refractivity contribution in [1.29, 1.82) is 0 Å². The topological polar surface area (TPSA) is 35.9 Å². The molecule has 4 heteroatoms. The predicted octanol–water partition coefficient (Wildman–Crippen LogP) is 2.71. The van der Waals surface area contributed by atoms with Gasteiger partial charge in [0.25, 0.3) is 0 Å². The average Bonchev–Trinajstić information content (AvgIpc) is 2.65. The zero-order valence-corrected chi connectivity index (χ0v) is 13.5. The van der Waals surface area contributed by atoms with Gasteiger partial charge in [-0.25, -0.2) is 0 Å². The molecular formula is C17H28N2O2. The van der Waals surface area contributed by atoms with Crippen molar-refractivity contribution in [3.63, 3.8) is 0 Å². The number of rotatable bonds is 5. The van der Waals surface area contributed by atoms with E-state index in [0.717, 1.165) is 38.2 Å². The van der Waals surface area contributed by atoms with Gasteiger partial charge in [-0.2, -0.15) is 0 Å². The number of aromatic hydroxyl groups is 1. The molecule has 0 aliphatic carbocycles. The van der Waals surface area contributed by atoms with Crippen LogP contribution in [0, 0.1) is 0 Å². The Morgan fingerprint density at radius 3 is 2.81 bits per heavy atom. The third kappa shape index (κ3) is 4.11. The summed E-state index contributed by atoms with van der Waals surface area (Å²) in [4.78, 5) is 4.90. The fourth-order valence-electron chi connectivity index (χ4n) is 3.07. The van der Waals surface area contributed by atoms with Gasteiger partial charge in [-0.1, -0.05) is 19.1 Å². The van der Waals surface area contributed by atoms with Gasteiger partial charge < -0.3 is 14.7 Å². The van der Waals surface area contributed by atoms with E-state index in [1.807, 2.05) is 25.1 Å². The predicted molar refractivity (Wildman–Crippen MR) is 85.9 cm³/mol. The van der Waals surface area contributed by atoms with Crippen LogP contribution < -0.4 is 4.74 Å². The summed E-state index contributed by atoms with van der Waals surface area (Å²) in [5.41, 5.74) is 0.962. The van der Waals surface area contributed by atoms with Crippen LogP contribution in [0.3, 0.4) is 0 Å². The van der Waals surface area contributed by atoms with Crippen molar-refractivity contribution in [2.75, 3.05) is 33.3 Å². The zero-order chi connectivity index (χ0) is 15.2. The van der Waals surface area contributed by atoms with Gasteiger partial charge in [0.2, 0.25) is 0 Å². The highest BCUT2D eigenvalue weighted by atomic mass is 16.5. The number of phenols is 1. The van der Waals surface area contributed by atoms with Crippen molar-refractivity contribution >= 4 is 0 Å². The Balaban J connectivity index is 2.14. The van der Waals surface area contributed by atoms with Crippen LogP contribution in [-0.2, 0) is 6.54 Å². The molecule has 1 aliphatic heterocycles. The Kier molecular flexibility index (Phi) is 5.88. The molecule has 0 amide bonds. The highest BCUT2D eigenvalue weighted by molar-refractivity contribution is 5.45. The van der Waals surface area contributed by atoms with E-state index in [1.165, 1.54) is 6.42 Å². The molecule has 2 rings (SSSR count). The third-order valence-electron chi connectivity index (χ3n) is 4.25. The molecule has 1 aromatic carbocycles. The van der Waals surface area contributed by atoms with Crippen molar-refractivity contribution in [2.45, 2.75) is 39.3 Å². The Bertz CT molecular complexity index is 450. The molecule has 1 aromatic rings. The fourth-order valence-corrected chi connectivity index (χ4v) is 3.07. The summed E-state index contributed by atoms with van der Waals surface area (Å²) < 4.78 is 5.48. The fraction of sp³-hybridized carbons (Fsp3) is 0.647. The summed E-state index contributed by atoms with van der Waals surface area (Å²) in [6, 6.07) is 6.34. The first-order valence-corrected chi connectivity index (χ1v) is 8.02. The summed E-state index contributed by atoms with van der Waals surface area (Å²) in [6.45, 7) is 8.88. The number of likely N-dealkylation sites (N-methyl/N-ethyl adjacent to an activating group) is 1. The van der Waals surface area contributed by atoms with Crippen molar-refractivity contribution in [2.24, 2.45) is 0 Å². The van der Waals surface area contributed by atoms with Crippen LogP contribution in [0.5, 0.6) is 11.5 Å². The zero-order valence-electron chi connectivity index (χ0n) is 13.5. The van der Waals surface area contributed by atoms with E-state index in [2.05, 4.69) is 23.8 Å². The Labute approximate surface area is 128 Å². The van der Waals surface area contributed by atoms with Crippen LogP contribution in [-0.4, -0.2) is 54.2 Å². The van der Waals surface area contributed by atoms with E-state index in [0.29, 0.717) is 24.1 Å². The second-order valence-electron chi connectivity index (χ2n) is 5.85. The molecule has 1 atom stereocenters. The maximum atomic E-state index is 10.4. The number of hydrogen-bond donors (Lipinski definition) is 1. The quantitative estimate of drug-likeness (QED) is 0.905. The first-order valence-electron chi connectivity index (χ1n) is 8.02. The lowest BCUT2D eigenvalue weighted by Crippen LogP contribution is -2.39. The summed E-state index contributed by atoms with van der Waals surface area (Å²) >= 11 is 0. The van der Waals surface area contributed by atoms with E-state index in [4.69, 9.17) is 4.74 Å². The molecular weight excluding hydrogens is 264 g/mol. The molecule has 0 bridgehead atoms. The molecule has 0 aromatic heterocycles. The highest BCUT2D eigenvalue weighted by Gasteiger charge is 2.23. The van der Waals surface area contributed by atoms with Gasteiger partial charge in [0.1, 0.15) is 0 Å². The summed E-state index contributed by atoms with van der Waals surface area (Å²) in [5.74, 6) is 0.891. The molecule has 0 saturated carbocycles. The van der Waals surface area contributed by atoms with Crippen LogP contribution in [0.25, 0.3) is 0 Å². The minimum Gasteiger partial charge on any atom is -0.504 e. The number of nitrogens with zero attached hydrogens (tertiary/aromatic N) is 2. The molecule has 4 nitrogen and oxygen atoms in total. The van der Waals surface area contributed by atoms with Crippen molar-refractivity contribution in [3.8, 4) is 11.5 Å². The summed E-state index contributed by atoms with van der Waals surface area (Å²) in [7, 11) is 2.19. The van der Waals surface area contributed by atoms with E-state index < -0.39 is 0 Å². The SMILES string of the molecule is CCOc1cccc(CN2CCCN(C)CC2CC)c1O. The number of ether oxygens (including phenoxy) is 1. The van der Waals surface area contributed by atoms with Gasteiger partial charge in [0.15, 0.2) is 11.5 Å². The lowest BCUT2D eigenvalue weighted by Gasteiger charge is -2.30. The summed E-state index contributed by atoms with van der Waals surface area (Å²) in [5, 5.41) is 10.4. The largest absolute Gasteiger partial charge is 0.504 e. The molecule has 1 saturated heterocycles. The molecule has 1 unspecified atom stereocenters. The molecule has 0 radical (unpaired) electrons. The smallest absolute Gasteiger partial charge is 0.162 e. The van der Waals surface area contributed by atoms with Crippen LogP contribution in [0.2, 0.25) is 0 Å². The molecule has 21 heavy (non-hydrogen) atoms. The minimum absolute atomic E-state index is 0.298. The van der Waals surface area contributed by atoms with Gasteiger partial charge in [-0.15, -0.1) is 0 Å². The normalized spacial score (nSPS) is 21.2. The second-order valence-corrected chi connectivity index (χ2v) is 5.85. The van der Waals surface area contributed by atoms with Gasteiger partial charge in [0.05, 0.1) is 6.61 Å². The Hall–Kier alpha value is -1.26. The van der Waals surface area contributed by atoms with Crippen LogP contribution in [0.1, 0.15) is 32.3 Å². The van der Waals surface area contributed by atoms with Crippen molar-refractivity contribution in [1.82, 2.24) is 9.80 Å². The van der Waals surface area contributed by atoms with Gasteiger partial charge >= 0.3 is 0 Å². The average molecular weight is 292 g/mol. The Morgan fingerprint density at radius 1 is 1.29 bits per heavy atom. The molecule has 1 fully saturated rings. The van der Waals surface area contributed by atoms with Crippen molar-refractivity contribution < 1.29 is 9.84 Å². The molecule has 1 N–H and O–H groups in total. The molecule has 1 heterocycles. The highest BCUT2D eigenvalue weighted by Crippen LogP contribution is 2.31. The number of benzene rings is 1. The number of para-hydroxylation sites is 1. The first-order chi connectivity index (χ1) is 10.2. The standard InChI is InChI=1S/C17H28N2O2/c1-4-15-13-18(3)10-7-11-19(15)12-14-8-6-9-16(17(14)20)21-5-2/h6,8-9,15,20H,4-5,7,10-13H2,1-3H3. The Morgan fingerprint density at radius 2 is 2.10 bits per heavy atom. The first kappa shape index (κ1) is 16.1. The minimum atomic E-state index is 0.298. The third-order valence-corrected chi connectivity index (χ3v) is 4.25. The summed E-state index contributed by atoms with van der Waals surface area (Å²) in [6.07, 6.45) is 2.31. The maximum Gasteiger partial charge on any atom is 0.162 e. The lowest BCUT2D eigenvalue weighted by molar-refractivity contribution is 0.174. The number of hydrogen-bond acceptors (Lipinski definition) is 4. The van der Waals surface area contributed by atoms with Crippen molar-refractivity contribution in [3.05, 3.63) is 23.8 Å². The monoisotopic (exact) mass is 292 g/mol. The molecule has 118 valence electrons. The van der Waals surface area contributed by atoms with E-state index in [-0.39, 0.29) is 0 Å². The van der Waals surface area contributed by atoms with E-state index >= 15 is 0 Å². The van der Waals surface area contributed by atoms with Gasteiger partial charge in [-0.05, 0) is 39.4 Å². The number of phenolic OH excluding ortho intramolecular Hbond substituents is 1. The van der Waals surface area contributed by atoms with Crippen LogP contribution >= 0.6 is 0 Å². The van der Waals surface area contributed by atoms with Gasteiger partial charge in [-0.3, -0.25) is 4.90 Å². The van der Waals surface area contributed by atoms with Gasteiger partial charge in [0, 0.05) is 31.2 Å². The van der Waals surface area contributed by atoms with E-state index in [9.17, 15) is 5.11 Å². The van der Waals surface area contributed by atoms with Crippen LogP contribution in [0.15, 0.2) is 18.2 Å². The van der Waals surface area contributed by atoms with Crippen LogP contribution in [0.4, 0.5) is 0 Å². The molecule has 0 spiro atoms. The molecule has 1 aliphatic rings. The second kappa shape index (κ2) is 7.66.